The minimum Gasteiger partial charge on any atom is -0.497 e. The minimum atomic E-state index is -0.612. The van der Waals surface area contributed by atoms with Crippen molar-refractivity contribution in [3.8, 4) is 17.2 Å². The van der Waals surface area contributed by atoms with Crippen molar-refractivity contribution < 1.29 is 23.8 Å². The van der Waals surface area contributed by atoms with E-state index in [2.05, 4.69) is 11.1 Å². The molecular formula is C31H31N3O5. The van der Waals surface area contributed by atoms with E-state index < -0.39 is 12.1 Å². The lowest BCUT2D eigenvalue weighted by Gasteiger charge is -2.47. The number of nitrogens with one attached hydrogen (secondary N) is 1. The van der Waals surface area contributed by atoms with Crippen LogP contribution in [0.5, 0.6) is 17.2 Å². The molecule has 0 saturated carbocycles. The Labute approximate surface area is 227 Å². The summed E-state index contributed by atoms with van der Waals surface area (Å²) in [4.78, 5) is 34.8. The number of amides is 2. The van der Waals surface area contributed by atoms with E-state index >= 15 is 0 Å². The van der Waals surface area contributed by atoms with Gasteiger partial charge in [0.25, 0.3) is 0 Å². The standard InChI is InChI=1S/C31H31N3O5/c1-4-39-26-14-11-20(15-27(26)38-3)30-29-23(22-7-5-6-8-24(22)32-29)16-25-31(36)33(18-28(35)34(25)30)17-19-9-12-21(37-2)13-10-19/h5-15,25,30,32H,4,16-18H2,1-3H3/t25-,30-/m0/s1. The molecular weight excluding hydrogens is 494 g/mol. The molecule has 8 heteroatoms. The van der Waals surface area contributed by atoms with E-state index in [4.69, 9.17) is 14.2 Å². The number of hydrogen-bond donors (Lipinski definition) is 1. The van der Waals surface area contributed by atoms with Gasteiger partial charge >= 0.3 is 0 Å². The summed E-state index contributed by atoms with van der Waals surface area (Å²) in [6.45, 7) is 2.81. The first kappa shape index (κ1) is 24.9. The SMILES string of the molecule is CCOc1ccc([C@H]2c3[nH]c4ccccc4c3C[C@H]3C(=O)N(Cc4ccc(OC)cc4)CC(=O)N23)cc1OC. The molecule has 1 aromatic heterocycles. The van der Waals surface area contributed by atoms with Crippen molar-refractivity contribution in [2.75, 3.05) is 27.4 Å². The number of benzene rings is 3. The number of piperazine rings is 1. The highest BCUT2D eigenvalue weighted by molar-refractivity contribution is 5.97. The zero-order valence-corrected chi connectivity index (χ0v) is 22.3. The zero-order chi connectivity index (χ0) is 27.1. The number of aromatic nitrogens is 1. The molecule has 0 aliphatic carbocycles. The molecule has 1 N–H and O–H groups in total. The first-order valence-corrected chi connectivity index (χ1v) is 13.2. The molecule has 2 atom stereocenters. The Bertz CT molecular complexity index is 1540. The largest absolute Gasteiger partial charge is 0.497 e. The Morgan fingerprint density at radius 2 is 1.74 bits per heavy atom. The van der Waals surface area contributed by atoms with Gasteiger partial charge in [-0.05, 0) is 53.9 Å². The second-order valence-corrected chi connectivity index (χ2v) is 9.87. The topological polar surface area (TPSA) is 84.1 Å². The number of para-hydroxylation sites is 1. The van der Waals surface area contributed by atoms with E-state index in [1.807, 2.05) is 67.6 Å². The summed E-state index contributed by atoms with van der Waals surface area (Å²) in [6.07, 6.45) is 0.452. The third-order valence-corrected chi connectivity index (χ3v) is 7.68. The molecule has 2 amide bonds. The van der Waals surface area contributed by atoms with Crippen LogP contribution in [-0.4, -0.2) is 60.0 Å². The van der Waals surface area contributed by atoms with Crippen molar-refractivity contribution >= 4 is 22.7 Å². The van der Waals surface area contributed by atoms with Gasteiger partial charge in [-0.1, -0.05) is 36.4 Å². The third-order valence-electron chi connectivity index (χ3n) is 7.68. The molecule has 0 unspecified atom stereocenters. The number of carbonyl (C=O) groups excluding carboxylic acids is 2. The van der Waals surface area contributed by atoms with Crippen LogP contribution in [0.4, 0.5) is 0 Å². The van der Waals surface area contributed by atoms with Gasteiger partial charge in [0.1, 0.15) is 18.3 Å². The van der Waals surface area contributed by atoms with Gasteiger partial charge in [-0.2, -0.15) is 0 Å². The predicted molar refractivity (Wildman–Crippen MR) is 147 cm³/mol. The van der Waals surface area contributed by atoms with E-state index in [9.17, 15) is 9.59 Å². The van der Waals surface area contributed by atoms with Crippen LogP contribution in [0.1, 0.15) is 35.3 Å². The predicted octanol–water partition coefficient (Wildman–Crippen LogP) is 4.47. The van der Waals surface area contributed by atoms with Gasteiger partial charge in [0, 0.05) is 29.6 Å². The van der Waals surface area contributed by atoms with Crippen LogP contribution >= 0.6 is 0 Å². The van der Waals surface area contributed by atoms with E-state index in [0.29, 0.717) is 31.1 Å². The molecule has 2 aliphatic heterocycles. The van der Waals surface area contributed by atoms with Crippen molar-refractivity contribution in [1.29, 1.82) is 0 Å². The van der Waals surface area contributed by atoms with Crippen molar-refractivity contribution in [1.82, 2.24) is 14.8 Å². The average Bonchev–Trinajstić information content (AvgIpc) is 3.34. The molecule has 200 valence electrons. The molecule has 39 heavy (non-hydrogen) atoms. The van der Waals surface area contributed by atoms with Crippen molar-refractivity contribution in [3.63, 3.8) is 0 Å². The van der Waals surface area contributed by atoms with Gasteiger partial charge < -0.3 is 29.0 Å². The van der Waals surface area contributed by atoms with Crippen LogP contribution in [0.15, 0.2) is 66.7 Å². The van der Waals surface area contributed by atoms with Crippen LogP contribution < -0.4 is 14.2 Å². The summed E-state index contributed by atoms with van der Waals surface area (Å²) in [6, 6.07) is 20.3. The summed E-state index contributed by atoms with van der Waals surface area (Å²) in [5.74, 6) is 1.84. The maximum absolute atomic E-state index is 14.0. The van der Waals surface area contributed by atoms with Gasteiger partial charge in [0.2, 0.25) is 11.8 Å². The van der Waals surface area contributed by atoms with Gasteiger partial charge in [-0.25, -0.2) is 0 Å². The Morgan fingerprint density at radius 3 is 2.49 bits per heavy atom. The number of nitrogens with zero attached hydrogens (tertiary/aromatic N) is 2. The number of methoxy groups -OCH3 is 2. The number of ether oxygens (including phenoxy) is 3. The Morgan fingerprint density at radius 1 is 0.949 bits per heavy atom. The fraction of sp³-hybridized carbons (Fsp3) is 0.290. The van der Waals surface area contributed by atoms with Crippen molar-refractivity contribution in [3.05, 3.63) is 89.1 Å². The lowest BCUT2D eigenvalue weighted by atomic mass is 9.86. The monoisotopic (exact) mass is 525 g/mol. The van der Waals surface area contributed by atoms with E-state index in [1.165, 1.54) is 0 Å². The summed E-state index contributed by atoms with van der Waals surface area (Å²) >= 11 is 0. The second-order valence-electron chi connectivity index (χ2n) is 9.87. The van der Waals surface area contributed by atoms with Crippen LogP contribution in [0.25, 0.3) is 10.9 Å². The number of aromatic amines is 1. The summed E-state index contributed by atoms with van der Waals surface area (Å²) in [5.41, 5.74) is 4.79. The Balaban J connectivity index is 1.42. The Hall–Kier alpha value is -4.46. The highest BCUT2D eigenvalue weighted by Gasteiger charge is 2.48. The first-order valence-electron chi connectivity index (χ1n) is 13.2. The number of H-pyrrole nitrogens is 1. The maximum atomic E-state index is 14.0. The zero-order valence-electron chi connectivity index (χ0n) is 22.3. The number of fused-ring (bicyclic) bond motifs is 4. The number of rotatable bonds is 7. The van der Waals surface area contributed by atoms with Crippen LogP contribution in [0.2, 0.25) is 0 Å². The lowest BCUT2D eigenvalue weighted by molar-refractivity contribution is -0.159. The van der Waals surface area contributed by atoms with Crippen LogP contribution in [-0.2, 0) is 22.6 Å². The summed E-state index contributed by atoms with van der Waals surface area (Å²) in [5, 5.41) is 1.07. The molecule has 8 nitrogen and oxygen atoms in total. The molecule has 0 radical (unpaired) electrons. The van der Waals surface area contributed by atoms with E-state index in [0.717, 1.165) is 39.0 Å². The quantitative estimate of drug-likeness (QED) is 0.385. The fourth-order valence-electron chi connectivity index (χ4n) is 5.88. The molecule has 3 heterocycles. The van der Waals surface area contributed by atoms with Crippen LogP contribution in [0.3, 0.4) is 0 Å². The summed E-state index contributed by atoms with van der Waals surface area (Å²) in [7, 11) is 3.22. The third kappa shape index (κ3) is 4.26. The van der Waals surface area contributed by atoms with Crippen LogP contribution in [0, 0.1) is 0 Å². The first-order chi connectivity index (χ1) is 19.0. The van der Waals surface area contributed by atoms with Gasteiger partial charge in [-0.15, -0.1) is 0 Å². The minimum absolute atomic E-state index is 0.0155. The smallest absolute Gasteiger partial charge is 0.246 e. The molecule has 0 bridgehead atoms. The van der Waals surface area contributed by atoms with Gasteiger partial charge in [0.05, 0.1) is 26.9 Å². The lowest BCUT2D eigenvalue weighted by Crippen LogP contribution is -2.62. The van der Waals surface area contributed by atoms with Crippen molar-refractivity contribution in [2.45, 2.75) is 32.0 Å². The molecule has 6 rings (SSSR count). The maximum Gasteiger partial charge on any atom is 0.246 e. The van der Waals surface area contributed by atoms with E-state index in [1.54, 1.807) is 24.0 Å². The Kier molecular flexibility index (Phi) is 6.38. The molecule has 1 fully saturated rings. The highest BCUT2D eigenvalue weighted by Crippen LogP contribution is 2.44. The molecule has 3 aromatic carbocycles. The van der Waals surface area contributed by atoms with Gasteiger partial charge in [-0.3, -0.25) is 9.59 Å². The molecule has 1 saturated heterocycles. The highest BCUT2D eigenvalue weighted by atomic mass is 16.5. The molecule has 0 spiro atoms. The number of carbonyl (C=O) groups is 2. The second kappa shape index (κ2) is 10.0. The van der Waals surface area contributed by atoms with Crippen molar-refractivity contribution in [2.24, 2.45) is 0 Å². The van der Waals surface area contributed by atoms with Gasteiger partial charge in [0.15, 0.2) is 11.5 Å². The summed E-state index contributed by atoms with van der Waals surface area (Å²) < 4.78 is 16.6. The molecule has 4 aromatic rings. The number of hydrogen-bond acceptors (Lipinski definition) is 5. The van der Waals surface area contributed by atoms with E-state index in [-0.39, 0.29) is 18.4 Å². The molecule has 2 aliphatic rings. The average molecular weight is 526 g/mol. The fourth-order valence-corrected chi connectivity index (χ4v) is 5.88. The normalized spacial score (nSPS) is 18.6.